The van der Waals surface area contributed by atoms with E-state index in [1.807, 2.05) is 6.92 Å². The lowest BCUT2D eigenvalue weighted by molar-refractivity contribution is -0.222. The van der Waals surface area contributed by atoms with Gasteiger partial charge in [0.1, 0.15) is 0 Å². The average Bonchev–Trinajstić information content (AvgIpc) is 2.93. The summed E-state index contributed by atoms with van der Waals surface area (Å²) in [6, 6.07) is -0.364. The first kappa shape index (κ1) is 17.0. The zero-order valence-corrected chi connectivity index (χ0v) is 12.9. The molecule has 0 radical (unpaired) electrons. The van der Waals surface area contributed by atoms with Crippen LogP contribution >= 0.6 is 11.3 Å². The molecule has 1 aromatic rings. The van der Waals surface area contributed by atoms with E-state index in [-0.39, 0.29) is 32.0 Å². The SMILES string of the molecule is CCc1cnc(NC(=O)N2CCC(C(O)C(F)(F)F)CC2)s1. The lowest BCUT2D eigenvalue weighted by Crippen LogP contribution is -2.46. The molecule has 1 aliphatic heterocycles. The van der Waals surface area contributed by atoms with Gasteiger partial charge < -0.3 is 10.0 Å². The van der Waals surface area contributed by atoms with Gasteiger partial charge in [-0.05, 0) is 25.2 Å². The fourth-order valence-corrected chi connectivity index (χ4v) is 3.13. The van der Waals surface area contributed by atoms with Gasteiger partial charge in [-0.1, -0.05) is 6.92 Å². The number of carbonyl (C=O) groups is 1. The number of carbonyl (C=O) groups excluding carboxylic acids is 1. The number of aryl methyl sites for hydroxylation is 1. The Morgan fingerprint density at radius 3 is 2.68 bits per heavy atom. The molecule has 1 aliphatic rings. The summed E-state index contributed by atoms with van der Waals surface area (Å²) in [7, 11) is 0. The number of anilines is 1. The summed E-state index contributed by atoms with van der Waals surface area (Å²) in [5, 5.41) is 12.4. The van der Waals surface area contributed by atoms with Crippen molar-refractivity contribution in [2.45, 2.75) is 38.5 Å². The van der Waals surface area contributed by atoms with Gasteiger partial charge in [0.2, 0.25) is 0 Å². The molecule has 2 N–H and O–H groups in total. The highest BCUT2D eigenvalue weighted by Gasteiger charge is 2.44. The fourth-order valence-electron chi connectivity index (χ4n) is 2.38. The van der Waals surface area contributed by atoms with Crippen LogP contribution in [0.3, 0.4) is 0 Å². The zero-order chi connectivity index (χ0) is 16.3. The molecule has 1 saturated heterocycles. The average molecular weight is 337 g/mol. The Morgan fingerprint density at radius 2 is 2.18 bits per heavy atom. The number of hydrogen-bond acceptors (Lipinski definition) is 4. The van der Waals surface area contributed by atoms with Crippen LogP contribution in [0.15, 0.2) is 6.20 Å². The molecule has 1 aromatic heterocycles. The summed E-state index contributed by atoms with van der Waals surface area (Å²) in [6.45, 7) is 2.36. The number of aliphatic hydroxyl groups is 1. The van der Waals surface area contributed by atoms with E-state index >= 15 is 0 Å². The summed E-state index contributed by atoms with van der Waals surface area (Å²) in [5.74, 6) is -0.851. The maximum Gasteiger partial charge on any atom is 0.414 e. The van der Waals surface area contributed by atoms with Gasteiger partial charge in [0.25, 0.3) is 0 Å². The summed E-state index contributed by atoms with van der Waals surface area (Å²) in [6.07, 6.45) is -4.14. The van der Waals surface area contributed by atoms with E-state index in [0.29, 0.717) is 5.13 Å². The minimum Gasteiger partial charge on any atom is -0.383 e. The van der Waals surface area contributed by atoms with Gasteiger partial charge in [0, 0.05) is 24.2 Å². The first-order valence-electron chi connectivity index (χ1n) is 7.06. The van der Waals surface area contributed by atoms with Crippen LogP contribution in [0.4, 0.5) is 23.1 Å². The maximum atomic E-state index is 12.5. The molecular formula is C13H18F3N3O2S. The number of aliphatic hydroxyl groups excluding tert-OH is 1. The second-order valence-corrected chi connectivity index (χ2v) is 6.34. The van der Waals surface area contributed by atoms with Crippen LogP contribution in [0.5, 0.6) is 0 Å². The zero-order valence-electron chi connectivity index (χ0n) is 12.1. The molecule has 0 spiro atoms. The Balaban J connectivity index is 1.84. The Bertz CT molecular complexity index is 513. The minimum absolute atomic E-state index is 0.131. The Kier molecular flexibility index (Phi) is 5.28. The quantitative estimate of drug-likeness (QED) is 0.891. The smallest absolute Gasteiger partial charge is 0.383 e. The number of amides is 2. The number of alkyl halides is 3. The predicted octanol–water partition coefficient (Wildman–Crippen LogP) is 2.87. The van der Waals surface area contributed by atoms with Crippen LogP contribution < -0.4 is 5.32 Å². The van der Waals surface area contributed by atoms with Gasteiger partial charge in [-0.3, -0.25) is 5.32 Å². The van der Waals surface area contributed by atoms with E-state index in [2.05, 4.69) is 10.3 Å². The molecule has 0 saturated carbocycles. The molecule has 0 aliphatic carbocycles. The van der Waals surface area contributed by atoms with Gasteiger partial charge in [0.15, 0.2) is 11.2 Å². The van der Waals surface area contributed by atoms with E-state index in [1.165, 1.54) is 16.2 Å². The molecule has 0 aromatic carbocycles. The molecule has 22 heavy (non-hydrogen) atoms. The highest BCUT2D eigenvalue weighted by molar-refractivity contribution is 7.15. The second kappa shape index (κ2) is 6.82. The molecule has 1 fully saturated rings. The van der Waals surface area contributed by atoms with Gasteiger partial charge in [-0.2, -0.15) is 13.2 Å². The van der Waals surface area contributed by atoms with Crippen molar-refractivity contribution in [3.05, 3.63) is 11.1 Å². The van der Waals surface area contributed by atoms with Gasteiger partial charge in [0.05, 0.1) is 0 Å². The maximum absolute atomic E-state index is 12.5. The Morgan fingerprint density at radius 1 is 1.55 bits per heavy atom. The minimum atomic E-state index is -4.60. The molecule has 5 nitrogen and oxygen atoms in total. The van der Waals surface area contributed by atoms with Crippen molar-refractivity contribution in [2.75, 3.05) is 18.4 Å². The van der Waals surface area contributed by atoms with Crippen molar-refractivity contribution >= 4 is 22.5 Å². The number of hydrogen-bond donors (Lipinski definition) is 2. The fraction of sp³-hybridized carbons (Fsp3) is 0.692. The third-order valence-electron chi connectivity index (χ3n) is 3.72. The number of rotatable bonds is 3. The van der Waals surface area contributed by atoms with E-state index in [4.69, 9.17) is 0 Å². The highest BCUT2D eigenvalue weighted by atomic mass is 32.1. The predicted molar refractivity (Wildman–Crippen MR) is 76.9 cm³/mol. The molecular weight excluding hydrogens is 319 g/mol. The van der Waals surface area contributed by atoms with Gasteiger partial charge in [-0.25, -0.2) is 9.78 Å². The van der Waals surface area contributed by atoms with Crippen molar-refractivity contribution < 1.29 is 23.1 Å². The Hall–Kier alpha value is -1.35. The lowest BCUT2D eigenvalue weighted by Gasteiger charge is -2.34. The van der Waals surface area contributed by atoms with Crippen LogP contribution in [0.1, 0.15) is 24.6 Å². The summed E-state index contributed by atoms with van der Waals surface area (Å²) in [5.41, 5.74) is 0. The van der Waals surface area contributed by atoms with Crippen molar-refractivity contribution in [3.8, 4) is 0 Å². The Labute approximate surface area is 130 Å². The number of nitrogens with one attached hydrogen (secondary N) is 1. The van der Waals surface area contributed by atoms with Crippen molar-refractivity contribution in [1.82, 2.24) is 9.88 Å². The monoisotopic (exact) mass is 337 g/mol. The topological polar surface area (TPSA) is 65.5 Å². The number of likely N-dealkylation sites (tertiary alicyclic amines) is 1. The van der Waals surface area contributed by atoms with Crippen LogP contribution in [0.25, 0.3) is 0 Å². The molecule has 2 rings (SSSR count). The van der Waals surface area contributed by atoms with E-state index < -0.39 is 18.2 Å². The standard InChI is InChI=1S/C13H18F3N3O2S/c1-2-9-7-17-11(22-9)18-12(21)19-5-3-8(4-6-19)10(20)13(14,15)16/h7-8,10,20H,2-6H2,1H3,(H,17,18,21). The van der Waals surface area contributed by atoms with Gasteiger partial charge in [-0.15, -0.1) is 11.3 Å². The molecule has 1 atom stereocenters. The number of nitrogens with zero attached hydrogens (tertiary/aromatic N) is 2. The lowest BCUT2D eigenvalue weighted by atomic mass is 9.91. The van der Waals surface area contributed by atoms with Crippen molar-refractivity contribution in [2.24, 2.45) is 5.92 Å². The van der Waals surface area contributed by atoms with Crippen LogP contribution in [0, 0.1) is 5.92 Å². The van der Waals surface area contributed by atoms with Gasteiger partial charge >= 0.3 is 12.2 Å². The molecule has 9 heteroatoms. The highest BCUT2D eigenvalue weighted by Crippen LogP contribution is 2.31. The van der Waals surface area contributed by atoms with E-state index in [1.54, 1.807) is 6.20 Å². The first-order valence-corrected chi connectivity index (χ1v) is 7.88. The largest absolute Gasteiger partial charge is 0.414 e. The molecule has 2 heterocycles. The summed E-state index contributed by atoms with van der Waals surface area (Å²) < 4.78 is 37.4. The normalized spacial score (nSPS) is 18.3. The number of thiazole rings is 1. The molecule has 124 valence electrons. The third kappa shape index (κ3) is 4.10. The summed E-state index contributed by atoms with van der Waals surface area (Å²) in [4.78, 5) is 18.6. The van der Waals surface area contributed by atoms with Crippen LogP contribution in [0.2, 0.25) is 0 Å². The third-order valence-corrected chi connectivity index (χ3v) is 4.78. The number of halogens is 3. The number of piperidine rings is 1. The number of urea groups is 1. The molecule has 0 bridgehead atoms. The summed E-state index contributed by atoms with van der Waals surface area (Å²) >= 11 is 1.38. The van der Waals surface area contributed by atoms with Crippen molar-refractivity contribution in [1.29, 1.82) is 0 Å². The molecule has 1 unspecified atom stereocenters. The number of aromatic nitrogens is 1. The van der Waals surface area contributed by atoms with Crippen molar-refractivity contribution in [3.63, 3.8) is 0 Å². The van der Waals surface area contributed by atoms with Crippen LogP contribution in [-0.4, -0.2) is 46.4 Å². The van der Waals surface area contributed by atoms with E-state index in [9.17, 15) is 23.1 Å². The second-order valence-electron chi connectivity index (χ2n) is 5.23. The first-order chi connectivity index (χ1) is 10.3. The molecule has 2 amide bonds. The van der Waals surface area contributed by atoms with E-state index in [0.717, 1.165) is 11.3 Å². The van der Waals surface area contributed by atoms with Crippen LogP contribution in [-0.2, 0) is 6.42 Å².